The number of hydrogen-bond acceptors (Lipinski definition) is 3. The number of nitrogens with one attached hydrogen (secondary N) is 1. The molecule has 1 aliphatic carbocycles. The average molecular weight is 357 g/mol. The van der Waals surface area contributed by atoms with E-state index < -0.39 is 0 Å². The minimum atomic E-state index is 0.0508. The maximum Gasteiger partial charge on any atom is 0.234 e. The average Bonchev–Trinajstić information content (AvgIpc) is 3.19. The number of nitrogens with zero attached hydrogens (tertiary/aromatic N) is 2. The number of amides is 2. The zero-order valence-electron chi connectivity index (χ0n) is 15.7. The summed E-state index contributed by atoms with van der Waals surface area (Å²) >= 11 is 0. The summed E-state index contributed by atoms with van der Waals surface area (Å²) in [6, 6.07) is 9.95. The molecule has 0 atom stereocenters. The van der Waals surface area contributed by atoms with Crippen LogP contribution in [0.4, 0.5) is 0 Å². The summed E-state index contributed by atoms with van der Waals surface area (Å²) in [6.07, 6.45) is 7.04. The molecular formula is C21H31N3O2. The van der Waals surface area contributed by atoms with Gasteiger partial charge in [-0.1, -0.05) is 56.0 Å². The third-order valence-electron chi connectivity index (χ3n) is 5.67. The Morgan fingerprint density at radius 2 is 1.69 bits per heavy atom. The highest BCUT2D eigenvalue weighted by Crippen LogP contribution is 2.28. The lowest BCUT2D eigenvalue weighted by Gasteiger charge is -2.34. The quantitative estimate of drug-likeness (QED) is 0.815. The van der Waals surface area contributed by atoms with Crippen molar-refractivity contribution in [2.75, 3.05) is 32.7 Å². The van der Waals surface area contributed by atoms with E-state index in [0.29, 0.717) is 25.4 Å². The first kappa shape index (κ1) is 18.9. The van der Waals surface area contributed by atoms with Crippen molar-refractivity contribution in [1.82, 2.24) is 15.1 Å². The largest absolute Gasteiger partial charge is 0.351 e. The maximum absolute atomic E-state index is 12.4. The predicted octanol–water partition coefficient (Wildman–Crippen LogP) is 2.42. The normalized spacial score (nSPS) is 18.8. The summed E-state index contributed by atoms with van der Waals surface area (Å²) in [4.78, 5) is 28.6. The Labute approximate surface area is 156 Å². The van der Waals surface area contributed by atoms with E-state index in [1.165, 1.54) is 25.7 Å². The lowest BCUT2D eigenvalue weighted by atomic mass is 10.0. The molecule has 1 N–H and O–H groups in total. The van der Waals surface area contributed by atoms with E-state index in [0.717, 1.165) is 44.1 Å². The molecule has 5 nitrogen and oxygen atoms in total. The smallest absolute Gasteiger partial charge is 0.234 e. The minimum Gasteiger partial charge on any atom is -0.351 e. The van der Waals surface area contributed by atoms with Crippen molar-refractivity contribution in [3.63, 3.8) is 0 Å². The first-order chi connectivity index (χ1) is 12.7. The first-order valence-corrected chi connectivity index (χ1v) is 10.0. The van der Waals surface area contributed by atoms with E-state index >= 15 is 0 Å². The Morgan fingerprint density at radius 3 is 2.38 bits per heavy atom. The molecular weight excluding hydrogens is 326 g/mol. The van der Waals surface area contributed by atoms with Gasteiger partial charge in [0.25, 0.3) is 0 Å². The molecule has 0 unspecified atom stereocenters. The molecule has 1 aromatic rings. The Balaban J connectivity index is 1.31. The lowest BCUT2D eigenvalue weighted by molar-refractivity contribution is -0.133. The molecule has 3 rings (SSSR count). The van der Waals surface area contributed by atoms with E-state index in [1.807, 2.05) is 35.2 Å². The van der Waals surface area contributed by atoms with Gasteiger partial charge < -0.3 is 10.2 Å². The molecule has 1 aromatic carbocycles. The molecule has 0 radical (unpaired) electrons. The lowest BCUT2D eigenvalue weighted by Crippen LogP contribution is -2.51. The third kappa shape index (κ3) is 5.84. The second-order valence-corrected chi connectivity index (χ2v) is 7.61. The standard InChI is InChI=1S/C21H31N3O2/c25-20(22-16-19-8-2-1-3-9-19)17-23-12-14-24(15-13-23)21(26)11-10-18-6-4-5-7-18/h1-3,8-9,18H,4-7,10-17H2,(H,22,25). The summed E-state index contributed by atoms with van der Waals surface area (Å²) < 4.78 is 0. The topological polar surface area (TPSA) is 52.7 Å². The molecule has 2 fully saturated rings. The van der Waals surface area contributed by atoms with E-state index in [-0.39, 0.29) is 5.91 Å². The number of carbonyl (C=O) groups is 2. The SMILES string of the molecule is O=C(CN1CCN(C(=O)CCC2CCCC2)CC1)NCc1ccccc1. The van der Waals surface area contributed by atoms with Crippen LogP contribution in [0.15, 0.2) is 30.3 Å². The fourth-order valence-corrected chi connectivity index (χ4v) is 4.00. The van der Waals surface area contributed by atoms with E-state index in [4.69, 9.17) is 0 Å². The number of piperazine rings is 1. The molecule has 1 saturated carbocycles. The predicted molar refractivity (Wildman–Crippen MR) is 103 cm³/mol. The van der Waals surface area contributed by atoms with Gasteiger partial charge in [-0.2, -0.15) is 0 Å². The summed E-state index contributed by atoms with van der Waals surface area (Å²) in [6.45, 7) is 4.04. The Kier molecular flexibility index (Phi) is 7.06. The summed E-state index contributed by atoms with van der Waals surface area (Å²) in [5.74, 6) is 1.12. The van der Waals surface area contributed by atoms with Gasteiger partial charge in [0.1, 0.15) is 0 Å². The van der Waals surface area contributed by atoms with Crippen molar-refractivity contribution >= 4 is 11.8 Å². The second-order valence-electron chi connectivity index (χ2n) is 7.61. The van der Waals surface area contributed by atoms with Crippen molar-refractivity contribution in [3.05, 3.63) is 35.9 Å². The minimum absolute atomic E-state index is 0.0508. The molecule has 142 valence electrons. The highest BCUT2D eigenvalue weighted by molar-refractivity contribution is 5.78. The second kappa shape index (κ2) is 9.72. The van der Waals surface area contributed by atoms with Crippen LogP contribution in [0.25, 0.3) is 0 Å². The zero-order valence-corrected chi connectivity index (χ0v) is 15.7. The zero-order chi connectivity index (χ0) is 18.2. The number of rotatable bonds is 7. The van der Waals surface area contributed by atoms with Gasteiger partial charge in [0.15, 0.2) is 0 Å². The van der Waals surface area contributed by atoms with Gasteiger partial charge in [0.2, 0.25) is 11.8 Å². The van der Waals surface area contributed by atoms with E-state index in [9.17, 15) is 9.59 Å². The molecule has 1 saturated heterocycles. The first-order valence-electron chi connectivity index (χ1n) is 10.0. The van der Waals surface area contributed by atoms with Crippen molar-refractivity contribution in [2.45, 2.75) is 45.1 Å². The molecule has 0 bridgehead atoms. The Morgan fingerprint density at radius 1 is 1.00 bits per heavy atom. The highest BCUT2D eigenvalue weighted by atomic mass is 16.2. The molecule has 26 heavy (non-hydrogen) atoms. The molecule has 2 amide bonds. The summed E-state index contributed by atoms with van der Waals surface area (Å²) in [5, 5.41) is 2.97. The third-order valence-corrected chi connectivity index (χ3v) is 5.67. The van der Waals surface area contributed by atoms with E-state index in [2.05, 4.69) is 10.2 Å². The number of hydrogen-bond donors (Lipinski definition) is 1. The van der Waals surface area contributed by atoms with Crippen LogP contribution in [0.1, 0.15) is 44.1 Å². The van der Waals surface area contributed by atoms with Gasteiger partial charge in [-0.15, -0.1) is 0 Å². The van der Waals surface area contributed by atoms with Crippen LogP contribution in [-0.2, 0) is 16.1 Å². The van der Waals surface area contributed by atoms with Gasteiger partial charge in [0, 0.05) is 39.1 Å². The maximum atomic E-state index is 12.4. The fourth-order valence-electron chi connectivity index (χ4n) is 4.00. The molecule has 1 aliphatic heterocycles. The Hall–Kier alpha value is -1.88. The summed E-state index contributed by atoms with van der Waals surface area (Å²) in [5.41, 5.74) is 1.11. The van der Waals surface area contributed by atoms with Gasteiger partial charge in [-0.3, -0.25) is 14.5 Å². The number of carbonyl (C=O) groups excluding carboxylic acids is 2. The van der Waals surface area contributed by atoms with Crippen molar-refractivity contribution in [3.8, 4) is 0 Å². The van der Waals surface area contributed by atoms with Crippen LogP contribution < -0.4 is 5.32 Å². The van der Waals surface area contributed by atoms with E-state index in [1.54, 1.807) is 0 Å². The summed E-state index contributed by atoms with van der Waals surface area (Å²) in [7, 11) is 0. The van der Waals surface area contributed by atoms with Gasteiger partial charge >= 0.3 is 0 Å². The highest BCUT2D eigenvalue weighted by Gasteiger charge is 2.23. The monoisotopic (exact) mass is 357 g/mol. The Bertz CT molecular complexity index is 576. The molecule has 1 heterocycles. The molecule has 0 spiro atoms. The van der Waals surface area contributed by atoms with Gasteiger partial charge in [-0.05, 0) is 17.9 Å². The molecule has 2 aliphatic rings. The van der Waals surface area contributed by atoms with Crippen LogP contribution in [0.3, 0.4) is 0 Å². The van der Waals surface area contributed by atoms with Crippen molar-refractivity contribution in [2.24, 2.45) is 5.92 Å². The van der Waals surface area contributed by atoms with Crippen molar-refractivity contribution in [1.29, 1.82) is 0 Å². The van der Waals surface area contributed by atoms with Crippen LogP contribution in [-0.4, -0.2) is 54.3 Å². The fraction of sp³-hybridized carbons (Fsp3) is 0.619. The molecule has 0 aromatic heterocycles. The van der Waals surface area contributed by atoms with Crippen molar-refractivity contribution < 1.29 is 9.59 Å². The van der Waals surface area contributed by atoms with Crippen LogP contribution >= 0.6 is 0 Å². The van der Waals surface area contributed by atoms with Gasteiger partial charge in [0.05, 0.1) is 6.54 Å². The van der Waals surface area contributed by atoms with Crippen LogP contribution in [0.2, 0.25) is 0 Å². The molecule has 5 heteroatoms. The van der Waals surface area contributed by atoms with Gasteiger partial charge in [-0.25, -0.2) is 0 Å². The number of benzene rings is 1. The van der Waals surface area contributed by atoms with Crippen LogP contribution in [0, 0.1) is 5.92 Å². The van der Waals surface area contributed by atoms with Crippen LogP contribution in [0.5, 0.6) is 0 Å².